The summed E-state index contributed by atoms with van der Waals surface area (Å²) in [5.74, 6) is -1.60. The zero-order valence-electron chi connectivity index (χ0n) is 14.5. The van der Waals surface area contributed by atoms with E-state index in [-0.39, 0.29) is 12.1 Å². The van der Waals surface area contributed by atoms with Gasteiger partial charge in [-0.3, -0.25) is 24.5 Å². The van der Waals surface area contributed by atoms with Gasteiger partial charge in [-0.15, -0.1) is 0 Å². The van der Waals surface area contributed by atoms with E-state index in [1.165, 1.54) is 23.1 Å². The van der Waals surface area contributed by atoms with Crippen molar-refractivity contribution in [3.8, 4) is 5.69 Å². The van der Waals surface area contributed by atoms with Crippen LogP contribution in [0.1, 0.15) is 34.1 Å². The number of nitrogens with one attached hydrogen (secondary N) is 2. The number of aliphatic carboxylic acids is 1. The van der Waals surface area contributed by atoms with Gasteiger partial charge >= 0.3 is 5.97 Å². The first-order valence-corrected chi connectivity index (χ1v) is 8.26. The zero-order valence-corrected chi connectivity index (χ0v) is 14.5. The van der Waals surface area contributed by atoms with Crippen molar-refractivity contribution in [2.75, 3.05) is 0 Å². The average Bonchev–Trinajstić information content (AvgIpc) is 3.04. The Morgan fingerprint density at radius 1 is 1.22 bits per heavy atom. The van der Waals surface area contributed by atoms with Crippen LogP contribution in [-0.4, -0.2) is 31.7 Å². The topological polar surface area (TPSA) is 117 Å². The zero-order chi connectivity index (χ0) is 19.4. The summed E-state index contributed by atoms with van der Waals surface area (Å²) in [4.78, 5) is 39.9. The number of aromatic nitrogens is 3. The Bertz CT molecular complexity index is 1020. The predicted molar refractivity (Wildman–Crippen MR) is 97.8 cm³/mol. The second-order valence-corrected chi connectivity index (χ2v) is 6.03. The second kappa shape index (κ2) is 7.69. The molecule has 3 N–H and O–H groups in total. The molecule has 0 aliphatic carbocycles. The molecule has 8 nitrogen and oxygen atoms in total. The van der Waals surface area contributed by atoms with E-state index in [0.29, 0.717) is 11.3 Å². The quantitative estimate of drug-likeness (QED) is 0.615. The molecule has 138 valence electrons. The van der Waals surface area contributed by atoms with Gasteiger partial charge in [-0.1, -0.05) is 24.3 Å². The summed E-state index contributed by atoms with van der Waals surface area (Å²) in [5, 5.41) is 14.6. The lowest BCUT2D eigenvalue weighted by Crippen LogP contribution is -2.31. The average molecular weight is 366 g/mol. The molecule has 0 spiro atoms. The highest BCUT2D eigenvalue weighted by molar-refractivity contribution is 5.92. The van der Waals surface area contributed by atoms with Crippen molar-refractivity contribution in [1.29, 1.82) is 0 Å². The Kier molecular flexibility index (Phi) is 5.16. The molecule has 1 atom stereocenters. The Labute approximate surface area is 154 Å². The number of nitrogens with zero attached hydrogens (tertiary/aromatic N) is 2. The van der Waals surface area contributed by atoms with Gasteiger partial charge in [0.1, 0.15) is 5.69 Å². The molecule has 2 heterocycles. The first kappa shape index (κ1) is 18.1. The van der Waals surface area contributed by atoms with E-state index >= 15 is 0 Å². The molecule has 0 saturated heterocycles. The van der Waals surface area contributed by atoms with E-state index in [1.807, 2.05) is 19.1 Å². The van der Waals surface area contributed by atoms with Crippen molar-refractivity contribution in [2.24, 2.45) is 0 Å². The Hall–Kier alpha value is -3.68. The van der Waals surface area contributed by atoms with E-state index in [1.54, 1.807) is 24.3 Å². The van der Waals surface area contributed by atoms with Gasteiger partial charge in [0.05, 0.1) is 18.2 Å². The van der Waals surface area contributed by atoms with Crippen LogP contribution in [0.2, 0.25) is 0 Å². The van der Waals surface area contributed by atoms with Crippen molar-refractivity contribution >= 4 is 11.9 Å². The van der Waals surface area contributed by atoms with Crippen LogP contribution in [0.4, 0.5) is 0 Å². The molecule has 0 aliphatic heterocycles. The number of carboxylic acid groups (broad SMARTS) is 1. The van der Waals surface area contributed by atoms with Gasteiger partial charge in [-0.2, -0.15) is 0 Å². The lowest BCUT2D eigenvalue weighted by Gasteiger charge is -2.19. The lowest BCUT2D eigenvalue weighted by atomic mass is 9.98. The molecule has 1 aromatic carbocycles. The Balaban J connectivity index is 1.87. The number of hydrogen-bond acceptors (Lipinski definition) is 4. The van der Waals surface area contributed by atoms with Crippen LogP contribution in [-0.2, 0) is 4.79 Å². The van der Waals surface area contributed by atoms with Gasteiger partial charge < -0.3 is 10.4 Å². The highest BCUT2D eigenvalue weighted by Gasteiger charge is 2.21. The number of amides is 1. The molecule has 0 bridgehead atoms. The molecule has 1 amide bonds. The van der Waals surface area contributed by atoms with Crippen LogP contribution in [0, 0.1) is 6.92 Å². The highest BCUT2D eigenvalue weighted by Crippen LogP contribution is 2.21. The highest BCUT2D eigenvalue weighted by atomic mass is 16.4. The molecule has 0 fully saturated rings. The smallest absolute Gasteiger partial charge is 0.305 e. The summed E-state index contributed by atoms with van der Waals surface area (Å²) >= 11 is 0. The SMILES string of the molecule is Cc1ccccc1[C@H](CC(=O)O)NC(=O)c1cc(=O)n(-c2ccncc2)[nH]1. The third-order valence-corrected chi connectivity index (χ3v) is 4.13. The maximum atomic E-state index is 12.6. The molecule has 27 heavy (non-hydrogen) atoms. The fourth-order valence-electron chi connectivity index (χ4n) is 2.82. The minimum atomic E-state index is -1.04. The van der Waals surface area contributed by atoms with Crippen LogP contribution in [0.15, 0.2) is 59.7 Å². The molecule has 0 radical (unpaired) electrons. The molecule has 3 aromatic rings. The minimum Gasteiger partial charge on any atom is -0.481 e. The van der Waals surface area contributed by atoms with Crippen LogP contribution in [0.5, 0.6) is 0 Å². The van der Waals surface area contributed by atoms with Crippen molar-refractivity contribution in [1.82, 2.24) is 20.1 Å². The first-order chi connectivity index (χ1) is 13.0. The normalized spacial score (nSPS) is 11.7. The summed E-state index contributed by atoms with van der Waals surface area (Å²) in [5.41, 5.74) is 1.75. The molecule has 0 aliphatic rings. The van der Waals surface area contributed by atoms with E-state index in [0.717, 1.165) is 5.56 Å². The van der Waals surface area contributed by atoms with Crippen molar-refractivity contribution in [3.05, 3.63) is 82.0 Å². The molecule has 3 rings (SSSR count). The largest absolute Gasteiger partial charge is 0.481 e. The summed E-state index contributed by atoms with van der Waals surface area (Å²) < 4.78 is 1.22. The van der Waals surface area contributed by atoms with Crippen LogP contribution < -0.4 is 10.9 Å². The number of hydrogen-bond donors (Lipinski definition) is 3. The van der Waals surface area contributed by atoms with Crippen molar-refractivity contribution in [3.63, 3.8) is 0 Å². The fraction of sp³-hybridized carbons (Fsp3) is 0.158. The number of H-pyrrole nitrogens is 1. The van der Waals surface area contributed by atoms with E-state index in [2.05, 4.69) is 15.4 Å². The monoisotopic (exact) mass is 366 g/mol. The summed E-state index contributed by atoms with van der Waals surface area (Å²) in [6.45, 7) is 1.85. The second-order valence-electron chi connectivity index (χ2n) is 6.03. The predicted octanol–water partition coefficient (Wildman–Crippen LogP) is 1.81. The maximum absolute atomic E-state index is 12.6. The molecule has 2 aromatic heterocycles. The van der Waals surface area contributed by atoms with Crippen LogP contribution >= 0.6 is 0 Å². The van der Waals surface area contributed by atoms with E-state index < -0.39 is 23.5 Å². The van der Waals surface area contributed by atoms with Gasteiger partial charge in [0.2, 0.25) is 0 Å². The van der Waals surface area contributed by atoms with Crippen molar-refractivity contribution < 1.29 is 14.7 Å². The number of aryl methyl sites for hydroxylation is 1. The summed E-state index contributed by atoms with van der Waals surface area (Å²) in [6.07, 6.45) is 2.79. The standard InChI is InChI=1S/C19H18N4O4/c1-12-4-2-3-5-14(12)15(11-18(25)26)21-19(27)16-10-17(24)23(22-16)13-6-8-20-9-7-13/h2-10,15,22H,11H2,1H3,(H,21,27)(H,25,26)/t15-/m0/s1. The van der Waals surface area contributed by atoms with E-state index in [4.69, 9.17) is 0 Å². The summed E-state index contributed by atoms with van der Waals surface area (Å²) in [7, 11) is 0. The molecule has 0 saturated carbocycles. The van der Waals surface area contributed by atoms with E-state index in [9.17, 15) is 19.5 Å². The fourth-order valence-corrected chi connectivity index (χ4v) is 2.82. The number of carbonyl (C=O) groups is 2. The summed E-state index contributed by atoms with van der Waals surface area (Å²) in [6, 6.07) is 10.9. The van der Waals surface area contributed by atoms with Gasteiger partial charge in [0, 0.05) is 18.5 Å². The Morgan fingerprint density at radius 2 is 1.93 bits per heavy atom. The molecule has 0 unspecified atom stereocenters. The van der Waals surface area contributed by atoms with Crippen molar-refractivity contribution in [2.45, 2.75) is 19.4 Å². The van der Waals surface area contributed by atoms with Gasteiger partial charge in [0.15, 0.2) is 0 Å². The Morgan fingerprint density at radius 3 is 2.59 bits per heavy atom. The molecular weight excluding hydrogens is 348 g/mol. The molecule has 8 heteroatoms. The number of aromatic amines is 1. The van der Waals surface area contributed by atoms with Gasteiger partial charge in [0.25, 0.3) is 11.5 Å². The minimum absolute atomic E-state index is 0.0424. The van der Waals surface area contributed by atoms with Gasteiger partial charge in [-0.05, 0) is 30.2 Å². The molecular formula is C19H18N4O4. The lowest BCUT2D eigenvalue weighted by molar-refractivity contribution is -0.137. The first-order valence-electron chi connectivity index (χ1n) is 8.26. The number of rotatable bonds is 6. The third-order valence-electron chi connectivity index (χ3n) is 4.13. The van der Waals surface area contributed by atoms with Crippen LogP contribution in [0.3, 0.4) is 0 Å². The number of carboxylic acids is 1. The van der Waals surface area contributed by atoms with Gasteiger partial charge in [-0.25, -0.2) is 4.68 Å². The maximum Gasteiger partial charge on any atom is 0.305 e. The number of benzene rings is 1. The number of carbonyl (C=O) groups excluding carboxylic acids is 1. The van der Waals surface area contributed by atoms with Crippen LogP contribution in [0.25, 0.3) is 5.69 Å². The third kappa shape index (κ3) is 4.12. The number of pyridine rings is 1.